The van der Waals surface area contributed by atoms with E-state index in [0.29, 0.717) is 25.0 Å². The lowest BCUT2D eigenvalue weighted by molar-refractivity contribution is 0.371. The lowest BCUT2D eigenvalue weighted by atomic mass is 10.3. The number of nitrogens with zero attached hydrogens (tertiary/aromatic N) is 5. The van der Waals surface area contributed by atoms with Gasteiger partial charge in [-0.1, -0.05) is 12.1 Å². The molecule has 0 aliphatic carbocycles. The average molecular weight is 534 g/mol. The van der Waals surface area contributed by atoms with Gasteiger partial charge in [0.25, 0.3) is 0 Å². The fraction of sp³-hybridized carbons (Fsp3) is 0.389. The molecule has 29 heavy (non-hydrogen) atoms. The van der Waals surface area contributed by atoms with Crippen LogP contribution in [0.1, 0.15) is 0 Å². The van der Waals surface area contributed by atoms with Crippen molar-refractivity contribution >= 4 is 45.7 Å². The van der Waals surface area contributed by atoms with Crippen molar-refractivity contribution in [1.29, 1.82) is 0 Å². The first-order valence-corrected chi connectivity index (χ1v) is 10.6. The Hall–Kier alpha value is -2.02. The molecule has 0 bridgehead atoms. The lowest BCUT2D eigenvalue weighted by Gasteiger charge is -2.36. The van der Waals surface area contributed by atoms with Crippen molar-refractivity contribution in [3.05, 3.63) is 48.5 Å². The summed E-state index contributed by atoms with van der Waals surface area (Å²) >= 11 is 0. The van der Waals surface area contributed by atoms with Gasteiger partial charge in [-0.25, -0.2) is 22.8 Å². The number of rotatable bonds is 5. The van der Waals surface area contributed by atoms with Crippen LogP contribution in [0, 0.1) is 5.82 Å². The third-order valence-electron chi connectivity index (χ3n) is 4.45. The predicted molar refractivity (Wildman–Crippen MR) is 121 cm³/mol. The summed E-state index contributed by atoms with van der Waals surface area (Å²) in [5.74, 6) is 0.370. The molecular formula is C18H24FIN6O2S. The zero-order chi connectivity index (χ0) is 20.0. The van der Waals surface area contributed by atoms with Crippen LogP contribution in [0.15, 0.2) is 52.6 Å². The summed E-state index contributed by atoms with van der Waals surface area (Å²) in [6.07, 6.45) is 3.43. The van der Waals surface area contributed by atoms with E-state index in [1.54, 1.807) is 25.5 Å². The topological polar surface area (TPSA) is 90.8 Å². The van der Waals surface area contributed by atoms with Gasteiger partial charge in [-0.15, -0.1) is 24.0 Å². The third-order valence-corrected chi connectivity index (χ3v) is 6.19. The molecule has 3 rings (SSSR count). The van der Waals surface area contributed by atoms with E-state index in [0.717, 1.165) is 19.2 Å². The van der Waals surface area contributed by atoms with Crippen molar-refractivity contribution in [3.8, 4) is 0 Å². The Morgan fingerprint density at radius 2 is 1.79 bits per heavy atom. The molecule has 8 nitrogen and oxygen atoms in total. The summed E-state index contributed by atoms with van der Waals surface area (Å²) < 4.78 is 38.4. The summed E-state index contributed by atoms with van der Waals surface area (Å²) in [6.45, 7) is 3.03. The first kappa shape index (κ1) is 23.3. The smallest absolute Gasteiger partial charge is 0.225 e. The number of benzene rings is 1. The summed E-state index contributed by atoms with van der Waals surface area (Å²) in [4.78, 5) is 16.6. The largest absolute Gasteiger partial charge is 0.355 e. The Bertz CT molecular complexity index is 921. The number of hydrogen-bond acceptors (Lipinski definition) is 6. The molecule has 1 saturated heterocycles. The van der Waals surface area contributed by atoms with Gasteiger partial charge in [0.1, 0.15) is 10.7 Å². The highest BCUT2D eigenvalue weighted by Crippen LogP contribution is 2.15. The summed E-state index contributed by atoms with van der Waals surface area (Å²) in [5, 5.41) is 3.06. The van der Waals surface area contributed by atoms with E-state index in [2.05, 4.69) is 30.1 Å². The maximum Gasteiger partial charge on any atom is 0.225 e. The van der Waals surface area contributed by atoms with Gasteiger partial charge >= 0.3 is 0 Å². The molecule has 158 valence electrons. The number of guanidine groups is 1. The molecule has 0 spiro atoms. The highest BCUT2D eigenvalue weighted by Gasteiger charge is 2.22. The van der Waals surface area contributed by atoms with Crippen LogP contribution < -0.4 is 10.2 Å². The highest BCUT2D eigenvalue weighted by atomic mass is 127. The summed E-state index contributed by atoms with van der Waals surface area (Å²) in [5.41, 5.74) is 0. The molecule has 0 atom stereocenters. The van der Waals surface area contributed by atoms with Crippen LogP contribution >= 0.6 is 24.0 Å². The molecule has 1 fully saturated rings. The Kier molecular flexibility index (Phi) is 8.56. The molecule has 1 aliphatic rings. The number of nitrogens with one attached hydrogen (secondary N) is 1. The van der Waals surface area contributed by atoms with Gasteiger partial charge < -0.3 is 15.1 Å². The molecule has 1 aliphatic heterocycles. The maximum atomic E-state index is 13.8. The van der Waals surface area contributed by atoms with E-state index in [-0.39, 0.29) is 41.2 Å². The zero-order valence-electron chi connectivity index (χ0n) is 16.0. The van der Waals surface area contributed by atoms with E-state index in [1.807, 2.05) is 0 Å². The van der Waals surface area contributed by atoms with Crippen molar-refractivity contribution in [2.45, 2.75) is 4.90 Å². The second kappa shape index (κ2) is 10.7. The Morgan fingerprint density at radius 1 is 1.14 bits per heavy atom. The number of aromatic nitrogens is 2. The molecule has 11 heteroatoms. The van der Waals surface area contributed by atoms with Crippen molar-refractivity contribution in [1.82, 2.24) is 20.2 Å². The van der Waals surface area contributed by atoms with E-state index >= 15 is 0 Å². The molecule has 1 N–H and O–H groups in total. The molecule has 0 amide bonds. The quantitative estimate of drug-likeness (QED) is 0.353. The average Bonchev–Trinajstić information content (AvgIpc) is 2.72. The number of aliphatic imine (C=N–C) groups is 1. The standard InChI is InChI=1S/C18H23FN6O2S.HI/c1-20-17(23-9-14-28(26,27)16-6-3-2-5-15(16)19)24-10-12-25(13-11-24)18-21-7-4-8-22-18;/h2-8H,9-14H2,1H3,(H,20,23);1H. The fourth-order valence-electron chi connectivity index (χ4n) is 3.01. The van der Waals surface area contributed by atoms with Gasteiger partial charge in [0.2, 0.25) is 5.95 Å². The third kappa shape index (κ3) is 5.98. The maximum absolute atomic E-state index is 13.8. The van der Waals surface area contributed by atoms with Gasteiger partial charge in [0, 0.05) is 52.2 Å². The number of hydrogen-bond donors (Lipinski definition) is 1. The number of halogens is 2. The van der Waals surface area contributed by atoms with Crippen molar-refractivity contribution < 1.29 is 12.8 Å². The minimum Gasteiger partial charge on any atom is -0.355 e. The highest BCUT2D eigenvalue weighted by molar-refractivity contribution is 14.0. The lowest BCUT2D eigenvalue weighted by Crippen LogP contribution is -2.53. The Labute approximate surface area is 187 Å². The van der Waals surface area contributed by atoms with Gasteiger partial charge in [-0.05, 0) is 18.2 Å². The fourth-order valence-corrected chi connectivity index (χ4v) is 4.25. The SMILES string of the molecule is CN=C(NCCS(=O)(=O)c1ccccc1F)N1CCN(c2ncccn2)CC1.I. The van der Waals surface area contributed by atoms with Crippen LogP contribution in [0.4, 0.5) is 10.3 Å². The molecule has 2 heterocycles. The Morgan fingerprint density at radius 3 is 2.41 bits per heavy atom. The monoisotopic (exact) mass is 534 g/mol. The number of sulfone groups is 1. The van der Waals surface area contributed by atoms with Crippen LogP contribution in [0.2, 0.25) is 0 Å². The van der Waals surface area contributed by atoms with E-state index in [4.69, 9.17) is 0 Å². The second-order valence-electron chi connectivity index (χ2n) is 6.25. The van der Waals surface area contributed by atoms with Crippen molar-refractivity contribution in [2.75, 3.05) is 50.4 Å². The van der Waals surface area contributed by atoms with Gasteiger partial charge in [-0.2, -0.15) is 0 Å². The van der Waals surface area contributed by atoms with Crippen LogP contribution in [-0.4, -0.2) is 74.8 Å². The van der Waals surface area contributed by atoms with E-state index in [1.165, 1.54) is 18.2 Å². The van der Waals surface area contributed by atoms with Gasteiger partial charge in [0.15, 0.2) is 15.8 Å². The van der Waals surface area contributed by atoms with E-state index in [9.17, 15) is 12.8 Å². The molecule has 1 aromatic heterocycles. The predicted octanol–water partition coefficient (Wildman–Crippen LogP) is 1.40. The van der Waals surface area contributed by atoms with Crippen LogP contribution in [0.3, 0.4) is 0 Å². The first-order chi connectivity index (χ1) is 13.5. The van der Waals surface area contributed by atoms with Crippen LogP contribution in [-0.2, 0) is 9.84 Å². The Balaban J connectivity index is 0.00000300. The molecule has 0 radical (unpaired) electrons. The molecule has 1 aromatic carbocycles. The first-order valence-electron chi connectivity index (χ1n) is 8.96. The zero-order valence-corrected chi connectivity index (χ0v) is 19.2. The van der Waals surface area contributed by atoms with Crippen molar-refractivity contribution in [2.24, 2.45) is 4.99 Å². The molecule has 2 aromatic rings. The summed E-state index contributed by atoms with van der Waals surface area (Å²) in [6, 6.07) is 7.19. The van der Waals surface area contributed by atoms with Crippen LogP contribution in [0.25, 0.3) is 0 Å². The minimum absolute atomic E-state index is 0. The normalized spacial score (nSPS) is 15.0. The van der Waals surface area contributed by atoms with Gasteiger partial charge in [-0.3, -0.25) is 4.99 Å². The summed E-state index contributed by atoms with van der Waals surface area (Å²) in [7, 11) is -2.05. The molecule has 0 unspecified atom stereocenters. The molecular weight excluding hydrogens is 510 g/mol. The number of piperazine rings is 1. The second-order valence-corrected chi connectivity index (χ2v) is 8.32. The van der Waals surface area contributed by atoms with Crippen LogP contribution in [0.5, 0.6) is 0 Å². The van der Waals surface area contributed by atoms with Crippen molar-refractivity contribution in [3.63, 3.8) is 0 Å². The minimum atomic E-state index is -3.71. The van der Waals surface area contributed by atoms with Gasteiger partial charge in [0.05, 0.1) is 5.75 Å². The van der Waals surface area contributed by atoms with E-state index < -0.39 is 15.7 Å². The molecule has 0 saturated carbocycles. The number of anilines is 1.